The molecule has 0 fully saturated rings. The number of benzene rings is 3. The zero-order valence-corrected chi connectivity index (χ0v) is 18.0. The summed E-state index contributed by atoms with van der Waals surface area (Å²) in [7, 11) is 3.07. The molecular formula is C24H19BrO5. The molecule has 3 rings (SSSR count). The number of carbonyl (C=O) groups excluding carboxylic acids is 2. The van der Waals surface area contributed by atoms with Crippen molar-refractivity contribution in [2.24, 2.45) is 0 Å². The second-order valence-corrected chi connectivity index (χ2v) is 7.11. The van der Waals surface area contributed by atoms with Crippen LogP contribution in [0.1, 0.15) is 26.3 Å². The van der Waals surface area contributed by atoms with Crippen LogP contribution in [0.25, 0.3) is 6.08 Å². The number of para-hydroxylation sites is 1. The molecule has 0 aliphatic carbocycles. The number of ether oxygens (including phenoxy) is 3. The van der Waals surface area contributed by atoms with Crippen LogP contribution in [-0.2, 0) is 0 Å². The monoisotopic (exact) mass is 466 g/mol. The van der Waals surface area contributed by atoms with Gasteiger partial charge in [-0.05, 0) is 54.6 Å². The molecule has 6 heteroatoms. The van der Waals surface area contributed by atoms with Crippen LogP contribution < -0.4 is 14.2 Å². The molecule has 0 N–H and O–H groups in total. The summed E-state index contributed by atoms with van der Waals surface area (Å²) in [5.74, 6) is 0.356. The number of esters is 1. The number of hydrogen-bond acceptors (Lipinski definition) is 5. The van der Waals surface area contributed by atoms with Crippen LogP contribution in [-0.4, -0.2) is 26.0 Å². The Balaban J connectivity index is 1.88. The van der Waals surface area contributed by atoms with Gasteiger partial charge in [-0.15, -0.1) is 0 Å². The van der Waals surface area contributed by atoms with Crippen LogP contribution in [0.5, 0.6) is 17.2 Å². The third kappa shape index (κ3) is 5.15. The summed E-state index contributed by atoms with van der Waals surface area (Å²) in [6.07, 6.45) is 3.07. The second-order valence-electron chi connectivity index (χ2n) is 6.20. The molecule has 0 aliphatic heterocycles. The second kappa shape index (κ2) is 9.89. The fraction of sp³-hybridized carbons (Fsp3) is 0.0833. The van der Waals surface area contributed by atoms with Gasteiger partial charge >= 0.3 is 5.97 Å². The highest BCUT2D eigenvalue weighted by atomic mass is 79.9. The van der Waals surface area contributed by atoms with E-state index < -0.39 is 5.97 Å². The molecule has 0 unspecified atom stereocenters. The molecule has 0 bridgehead atoms. The zero-order valence-electron chi connectivity index (χ0n) is 16.4. The van der Waals surface area contributed by atoms with Crippen LogP contribution in [0.3, 0.4) is 0 Å². The Morgan fingerprint density at radius 3 is 2.30 bits per heavy atom. The van der Waals surface area contributed by atoms with E-state index in [-0.39, 0.29) is 17.1 Å². The third-order valence-corrected chi connectivity index (χ3v) is 4.82. The average molecular weight is 467 g/mol. The van der Waals surface area contributed by atoms with Gasteiger partial charge in [-0.1, -0.05) is 34.1 Å². The van der Waals surface area contributed by atoms with Gasteiger partial charge in [-0.3, -0.25) is 4.79 Å². The molecule has 0 heterocycles. The van der Waals surface area contributed by atoms with Crippen LogP contribution in [0.4, 0.5) is 0 Å². The van der Waals surface area contributed by atoms with Gasteiger partial charge in [-0.25, -0.2) is 4.79 Å². The maximum absolute atomic E-state index is 12.8. The average Bonchev–Trinajstić information content (AvgIpc) is 2.77. The summed E-state index contributed by atoms with van der Waals surface area (Å²) in [5.41, 5.74) is 1.37. The molecule has 3 aromatic carbocycles. The van der Waals surface area contributed by atoms with Crippen LogP contribution in [0.2, 0.25) is 0 Å². The molecule has 0 aliphatic rings. The fourth-order valence-electron chi connectivity index (χ4n) is 2.72. The Hall–Kier alpha value is -3.38. The first-order valence-corrected chi connectivity index (χ1v) is 9.82. The van der Waals surface area contributed by atoms with Gasteiger partial charge in [-0.2, -0.15) is 0 Å². The Labute approximate surface area is 183 Å². The number of rotatable bonds is 7. The van der Waals surface area contributed by atoms with Crippen molar-refractivity contribution in [3.8, 4) is 17.2 Å². The van der Waals surface area contributed by atoms with E-state index in [9.17, 15) is 9.59 Å². The Morgan fingerprint density at radius 1 is 0.867 bits per heavy atom. The first-order chi connectivity index (χ1) is 14.5. The molecule has 3 aromatic rings. The number of hydrogen-bond donors (Lipinski definition) is 0. The number of carbonyl (C=O) groups is 2. The van der Waals surface area contributed by atoms with Gasteiger partial charge in [0.2, 0.25) is 0 Å². The van der Waals surface area contributed by atoms with Gasteiger partial charge in [0, 0.05) is 16.1 Å². The van der Waals surface area contributed by atoms with Gasteiger partial charge < -0.3 is 14.2 Å². The first-order valence-electron chi connectivity index (χ1n) is 9.03. The van der Waals surface area contributed by atoms with Crippen molar-refractivity contribution in [2.45, 2.75) is 0 Å². The summed E-state index contributed by atoms with van der Waals surface area (Å²) < 4.78 is 16.9. The summed E-state index contributed by atoms with van der Waals surface area (Å²) in [6, 6.07) is 18.8. The molecule has 0 radical (unpaired) electrons. The van der Waals surface area contributed by atoms with E-state index in [1.54, 1.807) is 49.6 Å². The first kappa shape index (κ1) is 21.3. The molecule has 0 aromatic heterocycles. The fourth-order valence-corrected chi connectivity index (χ4v) is 2.99. The smallest absolute Gasteiger partial charge is 0.343 e. The number of halogens is 1. The highest BCUT2D eigenvalue weighted by molar-refractivity contribution is 9.10. The van der Waals surface area contributed by atoms with E-state index >= 15 is 0 Å². The van der Waals surface area contributed by atoms with Gasteiger partial charge in [0.25, 0.3) is 0 Å². The molecule has 0 amide bonds. The molecular weight excluding hydrogens is 448 g/mol. The van der Waals surface area contributed by atoms with Crippen LogP contribution in [0, 0.1) is 0 Å². The van der Waals surface area contributed by atoms with E-state index in [0.717, 1.165) is 10.0 Å². The summed E-state index contributed by atoms with van der Waals surface area (Å²) >= 11 is 3.33. The minimum atomic E-state index is -0.571. The molecule has 0 spiro atoms. The number of allylic oxidation sites excluding steroid dienone is 1. The lowest BCUT2D eigenvalue weighted by Crippen LogP contribution is -2.11. The molecule has 0 atom stereocenters. The van der Waals surface area contributed by atoms with Gasteiger partial charge in [0.05, 0.1) is 25.3 Å². The lowest BCUT2D eigenvalue weighted by molar-refractivity contribution is 0.0733. The summed E-state index contributed by atoms with van der Waals surface area (Å²) in [6.45, 7) is 0. The number of methoxy groups -OCH3 is 2. The van der Waals surface area contributed by atoms with Crippen molar-refractivity contribution in [3.63, 3.8) is 0 Å². The van der Waals surface area contributed by atoms with Crippen molar-refractivity contribution in [2.75, 3.05) is 14.2 Å². The van der Waals surface area contributed by atoms with Gasteiger partial charge in [0.1, 0.15) is 17.2 Å². The SMILES string of the molecule is COc1ccc(C(=O)C=Cc2ccccc2OC)c(OC(=O)c2ccc(Br)cc2)c1. The van der Waals surface area contributed by atoms with Crippen LogP contribution >= 0.6 is 15.9 Å². The highest BCUT2D eigenvalue weighted by Gasteiger charge is 2.16. The maximum Gasteiger partial charge on any atom is 0.343 e. The predicted octanol–water partition coefficient (Wildman–Crippen LogP) is 5.58. The van der Waals surface area contributed by atoms with Crippen molar-refractivity contribution in [3.05, 3.63) is 94.0 Å². The van der Waals surface area contributed by atoms with Crippen molar-refractivity contribution >= 4 is 33.8 Å². The predicted molar refractivity (Wildman–Crippen MR) is 118 cm³/mol. The third-order valence-electron chi connectivity index (χ3n) is 4.29. The molecule has 152 valence electrons. The summed E-state index contributed by atoms with van der Waals surface area (Å²) in [5, 5.41) is 0. The van der Waals surface area contributed by atoms with E-state index in [2.05, 4.69) is 15.9 Å². The van der Waals surface area contributed by atoms with Crippen molar-refractivity contribution < 1.29 is 23.8 Å². The Kier molecular flexibility index (Phi) is 7.03. The highest BCUT2D eigenvalue weighted by Crippen LogP contribution is 2.27. The minimum absolute atomic E-state index is 0.122. The maximum atomic E-state index is 12.8. The largest absolute Gasteiger partial charge is 0.497 e. The van der Waals surface area contributed by atoms with E-state index in [4.69, 9.17) is 14.2 Å². The van der Waals surface area contributed by atoms with Crippen LogP contribution in [0.15, 0.2) is 77.3 Å². The van der Waals surface area contributed by atoms with Gasteiger partial charge in [0.15, 0.2) is 5.78 Å². The topological polar surface area (TPSA) is 61.8 Å². The zero-order chi connectivity index (χ0) is 21.5. The van der Waals surface area contributed by atoms with E-state index in [1.165, 1.54) is 19.3 Å². The Morgan fingerprint density at radius 2 is 1.60 bits per heavy atom. The standard InChI is InChI=1S/C24H19BrO5/c1-28-19-12-13-20(21(26)14-9-16-5-3-4-6-22(16)29-2)23(15-19)30-24(27)17-7-10-18(25)11-8-17/h3-15H,1-2H3. The van der Waals surface area contributed by atoms with E-state index in [1.807, 2.05) is 24.3 Å². The lowest BCUT2D eigenvalue weighted by Gasteiger charge is -2.10. The normalized spacial score (nSPS) is 10.6. The molecule has 0 saturated carbocycles. The number of ketones is 1. The lowest BCUT2D eigenvalue weighted by atomic mass is 10.1. The molecule has 30 heavy (non-hydrogen) atoms. The van der Waals surface area contributed by atoms with Crippen molar-refractivity contribution in [1.29, 1.82) is 0 Å². The quantitative estimate of drug-likeness (QED) is 0.197. The Bertz CT molecular complexity index is 1090. The molecule has 5 nitrogen and oxygen atoms in total. The van der Waals surface area contributed by atoms with E-state index in [0.29, 0.717) is 17.1 Å². The molecule has 0 saturated heterocycles. The minimum Gasteiger partial charge on any atom is -0.497 e. The van der Waals surface area contributed by atoms with Crippen molar-refractivity contribution in [1.82, 2.24) is 0 Å². The summed E-state index contributed by atoms with van der Waals surface area (Å²) in [4.78, 5) is 25.4.